The molecule has 0 saturated carbocycles. The largest absolute Gasteiger partial charge is 0.253 e. The van der Waals surface area contributed by atoms with Gasteiger partial charge in [-0.1, -0.05) is 46.8 Å². The third kappa shape index (κ3) is 2.31. The maximum Gasteiger partial charge on any atom is 0.0924 e. The zero-order valence-corrected chi connectivity index (χ0v) is 11.3. The minimum absolute atomic E-state index is 0.0469. The second-order valence-electron chi connectivity index (χ2n) is 5.87. The van der Waals surface area contributed by atoms with Gasteiger partial charge in [0.15, 0.2) is 0 Å². The van der Waals surface area contributed by atoms with Crippen LogP contribution in [0.15, 0.2) is 24.4 Å². The summed E-state index contributed by atoms with van der Waals surface area (Å²) in [5.74, 6) is 0.475. The fourth-order valence-corrected chi connectivity index (χ4v) is 1.88. The third-order valence-corrected chi connectivity index (χ3v) is 2.99. The number of hydrogen-bond acceptors (Lipinski definition) is 2. The lowest BCUT2D eigenvalue weighted by Gasteiger charge is -2.18. The van der Waals surface area contributed by atoms with Gasteiger partial charge in [0.05, 0.1) is 16.7 Å². The summed E-state index contributed by atoms with van der Waals surface area (Å²) in [5.41, 5.74) is 4.42. The summed E-state index contributed by atoms with van der Waals surface area (Å²) < 4.78 is 0. The highest BCUT2D eigenvalue weighted by molar-refractivity contribution is 5.78. The van der Waals surface area contributed by atoms with Gasteiger partial charge >= 0.3 is 0 Å². The molecule has 1 aromatic heterocycles. The van der Waals surface area contributed by atoms with Crippen molar-refractivity contribution in [2.24, 2.45) is 0 Å². The van der Waals surface area contributed by atoms with Gasteiger partial charge in [-0.15, -0.1) is 0 Å². The minimum atomic E-state index is 0.0469. The summed E-state index contributed by atoms with van der Waals surface area (Å²) in [4.78, 5) is 9.33. The number of nitrogens with zero attached hydrogens (tertiary/aromatic N) is 2. The van der Waals surface area contributed by atoms with Crippen LogP contribution >= 0.6 is 0 Å². The Balaban J connectivity index is 2.70. The first-order valence-electron chi connectivity index (χ1n) is 6.16. The zero-order chi connectivity index (χ0) is 12.6. The molecule has 0 aliphatic heterocycles. The number of aromatic nitrogens is 2. The van der Waals surface area contributed by atoms with E-state index in [1.54, 1.807) is 0 Å². The molecule has 0 atom stereocenters. The average Bonchev–Trinajstić information content (AvgIpc) is 2.26. The van der Waals surface area contributed by atoms with Crippen LogP contribution in [0.4, 0.5) is 0 Å². The molecule has 1 heterocycles. The summed E-state index contributed by atoms with van der Waals surface area (Å²) in [5, 5.41) is 0. The van der Waals surface area contributed by atoms with Crippen molar-refractivity contribution < 1.29 is 0 Å². The molecule has 0 fully saturated rings. The summed E-state index contributed by atoms with van der Waals surface area (Å²) in [6.07, 6.45) is 1.90. The zero-order valence-electron chi connectivity index (χ0n) is 11.3. The molecule has 2 aromatic rings. The predicted molar refractivity (Wildman–Crippen MR) is 72.3 cm³/mol. The van der Waals surface area contributed by atoms with Crippen molar-refractivity contribution in [2.45, 2.75) is 46.0 Å². The summed E-state index contributed by atoms with van der Waals surface area (Å²) in [6.45, 7) is 10.9. The molecular weight excluding hydrogens is 208 g/mol. The van der Waals surface area contributed by atoms with Crippen molar-refractivity contribution in [3.8, 4) is 0 Å². The van der Waals surface area contributed by atoms with Gasteiger partial charge in [-0.05, 0) is 17.5 Å². The smallest absolute Gasteiger partial charge is 0.0924 e. The Kier molecular flexibility index (Phi) is 2.90. The van der Waals surface area contributed by atoms with E-state index in [1.165, 1.54) is 5.56 Å². The van der Waals surface area contributed by atoms with Gasteiger partial charge in [0, 0.05) is 11.6 Å². The van der Waals surface area contributed by atoms with Crippen LogP contribution in [0.2, 0.25) is 0 Å². The number of benzene rings is 1. The predicted octanol–water partition coefficient (Wildman–Crippen LogP) is 4.05. The number of hydrogen-bond donors (Lipinski definition) is 0. The van der Waals surface area contributed by atoms with E-state index in [0.29, 0.717) is 5.92 Å². The lowest BCUT2D eigenvalue weighted by Crippen LogP contribution is -2.14. The van der Waals surface area contributed by atoms with Crippen LogP contribution in [0.3, 0.4) is 0 Å². The molecular formula is C15H20N2. The highest BCUT2D eigenvalue weighted by Crippen LogP contribution is 2.26. The maximum absolute atomic E-state index is 4.81. The summed E-state index contributed by atoms with van der Waals surface area (Å²) in [7, 11) is 0. The van der Waals surface area contributed by atoms with E-state index in [-0.39, 0.29) is 5.41 Å². The van der Waals surface area contributed by atoms with Gasteiger partial charge in [0.1, 0.15) is 0 Å². The second-order valence-corrected chi connectivity index (χ2v) is 5.87. The van der Waals surface area contributed by atoms with Crippen LogP contribution in [0.5, 0.6) is 0 Å². The Labute approximate surface area is 103 Å². The van der Waals surface area contributed by atoms with Crippen LogP contribution in [0, 0.1) is 0 Å². The molecule has 0 spiro atoms. The molecule has 0 bridgehead atoms. The summed E-state index contributed by atoms with van der Waals surface area (Å²) in [6, 6.07) is 6.23. The lowest BCUT2D eigenvalue weighted by molar-refractivity contribution is 0.568. The Morgan fingerprint density at radius 3 is 2.41 bits per heavy atom. The Hall–Kier alpha value is -1.44. The van der Waals surface area contributed by atoms with Crippen LogP contribution < -0.4 is 0 Å². The highest BCUT2D eigenvalue weighted by Gasteiger charge is 2.17. The fourth-order valence-electron chi connectivity index (χ4n) is 1.88. The first-order chi connectivity index (χ1) is 7.89. The number of para-hydroxylation sites is 1. The molecule has 0 aliphatic rings. The Morgan fingerprint density at radius 2 is 1.82 bits per heavy atom. The Morgan fingerprint density at radius 1 is 1.12 bits per heavy atom. The molecule has 1 aromatic carbocycles. The molecule has 0 aliphatic carbocycles. The van der Waals surface area contributed by atoms with E-state index in [0.717, 1.165) is 16.7 Å². The van der Waals surface area contributed by atoms with Gasteiger partial charge in [0.25, 0.3) is 0 Å². The van der Waals surface area contributed by atoms with Crippen molar-refractivity contribution in [3.63, 3.8) is 0 Å². The average molecular weight is 228 g/mol. The van der Waals surface area contributed by atoms with Crippen LogP contribution in [0.1, 0.15) is 51.8 Å². The van der Waals surface area contributed by atoms with Crippen molar-refractivity contribution >= 4 is 11.0 Å². The van der Waals surface area contributed by atoms with Crippen LogP contribution in [-0.2, 0) is 5.41 Å². The standard InChI is InChI=1S/C15H20N2/c1-10(2)11-7-6-8-12-14(11)17-13(9-16-12)15(3,4)5/h6-10H,1-5H3. The van der Waals surface area contributed by atoms with E-state index in [4.69, 9.17) is 4.98 Å². The van der Waals surface area contributed by atoms with Gasteiger partial charge in [-0.2, -0.15) is 0 Å². The van der Waals surface area contributed by atoms with E-state index in [1.807, 2.05) is 12.3 Å². The molecule has 2 nitrogen and oxygen atoms in total. The molecule has 0 saturated heterocycles. The molecule has 2 heteroatoms. The van der Waals surface area contributed by atoms with E-state index in [2.05, 4.69) is 51.7 Å². The molecule has 90 valence electrons. The first-order valence-corrected chi connectivity index (χ1v) is 6.16. The van der Waals surface area contributed by atoms with Crippen molar-refractivity contribution in [1.29, 1.82) is 0 Å². The topological polar surface area (TPSA) is 25.8 Å². The first kappa shape index (κ1) is 12.0. The minimum Gasteiger partial charge on any atom is -0.253 e. The summed E-state index contributed by atoms with van der Waals surface area (Å²) >= 11 is 0. The van der Waals surface area contributed by atoms with Crippen molar-refractivity contribution in [1.82, 2.24) is 9.97 Å². The molecule has 0 unspecified atom stereocenters. The van der Waals surface area contributed by atoms with E-state index >= 15 is 0 Å². The number of fused-ring (bicyclic) bond motifs is 1. The molecule has 0 radical (unpaired) electrons. The molecule has 0 amide bonds. The van der Waals surface area contributed by atoms with Crippen LogP contribution in [-0.4, -0.2) is 9.97 Å². The Bertz CT molecular complexity index is 536. The van der Waals surface area contributed by atoms with Gasteiger partial charge in [0.2, 0.25) is 0 Å². The van der Waals surface area contributed by atoms with Gasteiger partial charge in [-0.25, -0.2) is 4.98 Å². The van der Waals surface area contributed by atoms with E-state index in [9.17, 15) is 0 Å². The van der Waals surface area contributed by atoms with Gasteiger partial charge < -0.3 is 0 Å². The van der Waals surface area contributed by atoms with Gasteiger partial charge in [-0.3, -0.25) is 4.98 Å². The normalized spacial score (nSPS) is 12.4. The van der Waals surface area contributed by atoms with Crippen molar-refractivity contribution in [2.75, 3.05) is 0 Å². The monoisotopic (exact) mass is 228 g/mol. The number of rotatable bonds is 1. The van der Waals surface area contributed by atoms with Crippen molar-refractivity contribution in [3.05, 3.63) is 35.7 Å². The second kappa shape index (κ2) is 4.10. The SMILES string of the molecule is CC(C)c1cccc2ncc(C(C)(C)C)nc12. The molecule has 0 N–H and O–H groups in total. The molecule has 17 heavy (non-hydrogen) atoms. The quantitative estimate of drug-likeness (QED) is 0.736. The van der Waals surface area contributed by atoms with E-state index < -0.39 is 0 Å². The lowest BCUT2D eigenvalue weighted by atomic mass is 9.92. The highest BCUT2D eigenvalue weighted by atomic mass is 14.8. The fraction of sp³-hybridized carbons (Fsp3) is 0.467. The molecule has 2 rings (SSSR count). The van der Waals surface area contributed by atoms with Crippen LogP contribution in [0.25, 0.3) is 11.0 Å². The third-order valence-electron chi connectivity index (χ3n) is 2.99. The maximum atomic E-state index is 4.81.